The zero-order valence-electron chi connectivity index (χ0n) is 8.27. The minimum atomic E-state index is -0.284. The number of hydrogen-bond donors (Lipinski definition) is 0. The van der Waals surface area contributed by atoms with E-state index in [1.807, 2.05) is 24.4 Å². The summed E-state index contributed by atoms with van der Waals surface area (Å²) >= 11 is 1.60. The fraction of sp³-hybridized carbons (Fsp3) is 0.0833. The van der Waals surface area contributed by atoms with Crippen LogP contribution in [-0.4, -0.2) is 5.71 Å². The molecule has 0 aliphatic carbocycles. The average Bonchev–Trinajstić information content (AvgIpc) is 2.74. The molecule has 0 atom stereocenters. The molecule has 0 unspecified atom stereocenters. The van der Waals surface area contributed by atoms with Crippen LogP contribution in [0.3, 0.4) is 0 Å². The highest BCUT2D eigenvalue weighted by Gasteiger charge is 2.01. The van der Waals surface area contributed by atoms with Crippen LogP contribution in [-0.2, 0) is 0 Å². The van der Waals surface area contributed by atoms with Gasteiger partial charge in [0.15, 0.2) is 0 Å². The zero-order valence-corrected chi connectivity index (χ0v) is 9.09. The van der Waals surface area contributed by atoms with Gasteiger partial charge in [0.2, 0.25) is 0 Å². The van der Waals surface area contributed by atoms with Gasteiger partial charge in [0, 0.05) is 4.88 Å². The van der Waals surface area contributed by atoms with Gasteiger partial charge in [-0.1, -0.05) is 18.2 Å². The molecule has 0 bridgehead atoms. The Hall–Kier alpha value is -1.48. The molecule has 0 saturated heterocycles. The van der Waals surface area contributed by atoms with Gasteiger partial charge in [-0.25, -0.2) is 9.38 Å². The van der Waals surface area contributed by atoms with Crippen molar-refractivity contribution in [3.63, 3.8) is 0 Å². The van der Waals surface area contributed by atoms with E-state index in [1.54, 1.807) is 29.5 Å². The minimum Gasteiger partial charge on any atom is -0.249 e. The lowest BCUT2D eigenvalue weighted by molar-refractivity contribution is 0.630. The molecular formula is C12H10FNS. The third kappa shape index (κ3) is 2.30. The Labute approximate surface area is 91.9 Å². The number of nitrogens with zero attached hydrogens (tertiary/aromatic N) is 1. The number of halogens is 1. The smallest absolute Gasteiger partial charge is 0.148 e. The minimum absolute atomic E-state index is 0.284. The van der Waals surface area contributed by atoms with E-state index in [0.29, 0.717) is 5.69 Å². The van der Waals surface area contributed by atoms with Gasteiger partial charge >= 0.3 is 0 Å². The normalized spacial score (nSPS) is 11.7. The van der Waals surface area contributed by atoms with E-state index >= 15 is 0 Å². The molecule has 0 aliphatic rings. The van der Waals surface area contributed by atoms with Crippen LogP contribution in [0.5, 0.6) is 0 Å². The molecule has 2 rings (SSSR count). The topological polar surface area (TPSA) is 12.4 Å². The molecule has 0 N–H and O–H groups in total. The van der Waals surface area contributed by atoms with Crippen LogP contribution in [0, 0.1) is 5.82 Å². The molecule has 0 fully saturated rings. The summed E-state index contributed by atoms with van der Waals surface area (Å²) in [6.45, 7) is 1.89. The van der Waals surface area contributed by atoms with Crippen LogP contribution < -0.4 is 0 Å². The third-order valence-electron chi connectivity index (χ3n) is 2.02. The number of para-hydroxylation sites is 1. The SMILES string of the molecule is CC(=Nc1ccccc1F)c1cccs1. The molecule has 3 heteroatoms. The maximum absolute atomic E-state index is 13.3. The Morgan fingerprint density at radius 2 is 2.00 bits per heavy atom. The van der Waals surface area contributed by atoms with Crippen molar-refractivity contribution in [2.24, 2.45) is 4.99 Å². The van der Waals surface area contributed by atoms with Gasteiger partial charge in [-0.05, 0) is 30.5 Å². The lowest BCUT2D eigenvalue weighted by Gasteiger charge is -1.98. The van der Waals surface area contributed by atoms with Gasteiger partial charge in [0.25, 0.3) is 0 Å². The molecule has 1 aromatic heterocycles. The average molecular weight is 219 g/mol. The van der Waals surface area contributed by atoms with E-state index in [1.165, 1.54) is 6.07 Å². The van der Waals surface area contributed by atoms with Gasteiger partial charge in [0.05, 0.1) is 11.4 Å². The van der Waals surface area contributed by atoms with Crippen LogP contribution in [0.4, 0.5) is 10.1 Å². The lowest BCUT2D eigenvalue weighted by Crippen LogP contribution is -1.89. The predicted molar refractivity (Wildman–Crippen MR) is 62.6 cm³/mol. The lowest BCUT2D eigenvalue weighted by atomic mass is 10.3. The molecule has 1 nitrogen and oxygen atoms in total. The first-order valence-corrected chi connectivity index (χ1v) is 5.49. The molecule has 1 aromatic carbocycles. The summed E-state index contributed by atoms with van der Waals surface area (Å²) in [5.41, 5.74) is 1.23. The Morgan fingerprint density at radius 3 is 2.67 bits per heavy atom. The van der Waals surface area contributed by atoms with Crippen molar-refractivity contribution in [2.75, 3.05) is 0 Å². The summed E-state index contributed by atoms with van der Waals surface area (Å²) in [7, 11) is 0. The second-order valence-electron chi connectivity index (χ2n) is 3.13. The summed E-state index contributed by atoms with van der Waals surface area (Å²) in [4.78, 5) is 5.32. The first kappa shape index (κ1) is 10.1. The highest BCUT2D eigenvalue weighted by Crippen LogP contribution is 2.19. The predicted octanol–water partition coefficient (Wildman–Crippen LogP) is 4.03. The molecular weight excluding hydrogens is 209 g/mol. The fourth-order valence-electron chi connectivity index (χ4n) is 1.26. The van der Waals surface area contributed by atoms with Gasteiger partial charge in [-0.2, -0.15) is 0 Å². The van der Waals surface area contributed by atoms with Crippen molar-refractivity contribution in [3.05, 3.63) is 52.5 Å². The monoisotopic (exact) mass is 219 g/mol. The van der Waals surface area contributed by atoms with Crippen molar-refractivity contribution >= 4 is 22.7 Å². The number of thiophene rings is 1. The van der Waals surface area contributed by atoms with Crippen LogP contribution in [0.1, 0.15) is 11.8 Å². The summed E-state index contributed by atoms with van der Waals surface area (Å²) in [5.74, 6) is -0.284. The number of aliphatic imine (C=N–C) groups is 1. The second-order valence-corrected chi connectivity index (χ2v) is 4.07. The summed E-state index contributed by atoms with van der Waals surface area (Å²) < 4.78 is 13.3. The van der Waals surface area contributed by atoms with Gasteiger partial charge in [0.1, 0.15) is 5.82 Å². The Balaban J connectivity index is 2.35. The van der Waals surface area contributed by atoms with Gasteiger partial charge in [-0.3, -0.25) is 0 Å². The van der Waals surface area contributed by atoms with E-state index in [-0.39, 0.29) is 5.82 Å². The largest absolute Gasteiger partial charge is 0.249 e. The Bertz CT molecular complexity index is 474. The van der Waals surface area contributed by atoms with Gasteiger partial charge in [-0.15, -0.1) is 11.3 Å². The van der Waals surface area contributed by atoms with Crippen molar-refractivity contribution in [1.29, 1.82) is 0 Å². The van der Waals surface area contributed by atoms with E-state index in [4.69, 9.17) is 0 Å². The zero-order chi connectivity index (χ0) is 10.7. The molecule has 0 spiro atoms. The summed E-state index contributed by atoms with van der Waals surface area (Å²) in [6.07, 6.45) is 0. The maximum atomic E-state index is 13.3. The van der Waals surface area contributed by atoms with Crippen molar-refractivity contribution < 1.29 is 4.39 Å². The molecule has 76 valence electrons. The van der Waals surface area contributed by atoms with Crippen molar-refractivity contribution in [3.8, 4) is 0 Å². The molecule has 2 aromatic rings. The molecule has 0 radical (unpaired) electrons. The first-order chi connectivity index (χ1) is 7.27. The summed E-state index contributed by atoms with van der Waals surface area (Å²) in [5, 5.41) is 1.98. The number of hydrogen-bond acceptors (Lipinski definition) is 2. The number of benzene rings is 1. The molecule has 0 amide bonds. The standard InChI is InChI=1S/C12H10FNS/c1-9(12-7-4-8-15-12)14-11-6-3-2-5-10(11)13/h2-8H,1H3. The van der Waals surface area contributed by atoms with Crippen molar-refractivity contribution in [2.45, 2.75) is 6.92 Å². The van der Waals surface area contributed by atoms with E-state index < -0.39 is 0 Å². The van der Waals surface area contributed by atoms with Gasteiger partial charge < -0.3 is 0 Å². The van der Waals surface area contributed by atoms with Crippen molar-refractivity contribution in [1.82, 2.24) is 0 Å². The Morgan fingerprint density at radius 1 is 1.20 bits per heavy atom. The summed E-state index contributed by atoms with van der Waals surface area (Å²) in [6, 6.07) is 10.5. The highest BCUT2D eigenvalue weighted by molar-refractivity contribution is 7.12. The van der Waals surface area contributed by atoms with Crippen LogP contribution in [0.2, 0.25) is 0 Å². The molecule has 0 aliphatic heterocycles. The fourth-order valence-corrected chi connectivity index (χ4v) is 1.94. The van der Waals surface area contributed by atoms with E-state index in [2.05, 4.69) is 4.99 Å². The molecule has 15 heavy (non-hydrogen) atoms. The van der Waals surface area contributed by atoms with E-state index in [0.717, 1.165) is 10.6 Å². The van der Waals surface area contributed by atoms with Crippen LogP contribution >= 0.6 is 11.3 Å². The molecule has 0 saturated carbocycles. The highest BCUT2D eigenvalue weighted by atomic mass is 32.1. The maximum Gasteiger partial charge on any atom is 0.148 e. The second kappa shape index (κ2) is 4.36. The van der Waals surface area contributed by atoms with Crippen LogP contribution in [0.15, 0.2) is 46.8 Å². The van der Waals surface area contributed by atoms with Crippen LogP contribution in [0.25, 0.3) is 0 Å². The quantitative estimate of drug-likeness (QED) is 0.676. The first-order valence-electron chi connectivity index (χ1n) is 4.61. The Kier molecular flexibility index (Phi) is 2.92. The number of rotatable bonds is 2. The molecule has 1 heterocycles. The van der Waals surface area contributed by atoms with E-state index in [9.17, 15) is 4.39 Å². The third-order valence-corrected chi connectivity index (χ3v) is 3.00.